The molecule has 208 valence electrons. The van der Waals surface area contributed by atoms with Crippen molar-refractivity contribution in [2.75, 3.05) is 14.2 Å². The molecule has 6 nitrogen and oxygen atoms in total. The van der Waals surface area contributed by atoms with Crippen molar-refractivity contribution in [2.24, 2.45) is 4.99 Å². The lowest BCUT2D eigenvalue weighted by molar-refractivity contribution is -0.0608. The average molecular weight is 539 g/mol. The van der Waals surface area contributed by atoms with E-state index in [0.29, 0.717) is 18.8 Å². The lowest BCUT2D eigenvalue weighted by atomic mass is 9.83. The topological polar surface area (TPSA) is 63.5 Å². The van der Waals surface area contributed by atoms with E-state index in [9.17, 15) is 5.11 Å². The average Bonchev–Trinajstić information content (AvgIpc) is 2.91. The van der Waals surface area contributed by atoms with Crippen molar-refractivity contribution in [1.82, 2.24) is 4.90 Å². The van der Waals surface area contributed by atoms with E-state index in [1.807, 2.05) is 55.1 Å². The molecule has 8 heteroatoms. The highest BCUT2D eigenvalue weighted by molar-refractivity contribution is 5.76. The van der Waals surface area contributed by atoms with Gasteiger partial charge in [-0.15, -0.1) is 0 Å². The number of rotatable bonds is 8. The van der Waals surface area contributed by atoms with Gasteiger partial charge in [-0.3, -0.25) is 0 Å². The highest BCUT2D eigenvalue weighted by atomic mass is 19.1. The number of ether oxygens (including phenoxy) is 3. The third-order valence-corrected chi connectivity index (χ3v) is 7.27. The lowest BCUT2D eigenvalue weighted by Gasteiger charge is -2.42. The summed E-state index contributed by atoms with van der Waals surface area (Å²) in [6.45, 7) is 7.62. The van der Waals surface area contributed by atoms with Crippen LogP contribution in [0.3, 0.4) is 0 Å². The Morgan fingerprint density at radius 2 is 1.72 bits per heavy atom. The second kappa shape index (κ2) is 11.6. The summed E-state index contributed by atoms with van der Waals surface area (Å²) in [6.07, 6.45) is -4.23. The number of amidine groups is 1. The number of halogens is 2. The highest BCUT2D eigenvalue weighted by Crippen LogP contribution is 2.40. The van der Waals surface area contributed by atoms with E-state index in [1.54, 1.807) is 26.4 Å². The number of aliphatic hydroxyl groups excluding tert-OH is 1. The zero-order chi connectivity index (χ0) is 28.3. The summed E-state index contributed by atoms with van der Waals surface area (Å²) in [4.78, 5) is 6.58. The van der Waals surface area contributed by atoms with Crippen LogP contribution in [0.1, 0.15) is 41.7 Å². The molecule has 0 aromatic heterocycles. The fraction of sp³-hybridized carbons (Fsp3) is 0.387. The molecule has 0 bridgehead atoms. The minimum Gasteiger partial charge on any atom is -0.497 e. The molecule has 3 aromatic rings. The third-order valence-electron chi connectivity index (χ3n) is 7.27. The minimum atomic E-state index is -1.79. The van der Waals surface area contributed by atoms with Gasteiger partial charge >= 0.3 is 0 Å². The van der Waals surface area contributed by atoms with Gasteiger partial charge in [-0.25, -0.2) is 13.8 Å². The summed E-state index contributed by atoms with van der Waals surface area (Å²) in [5, 5.41) is 10.5. The standard InChI is InChI=1S/C31H36F2N2O4/c1-19-11-12-23(27(15-19)38-6)18-35(17-22-13-14-24(37-5)16-20(22)2)30-34-31(4,25-9-7-8-10-26(25)32)29(33)28(39-30)21(3)36/h7-16,21,28-29,36H,17-18H2,1-6H3/t21-,28+,29-,31+/m0/s1. The van der Waals surface area contributed by atoms with Crippen molar-refractivity contribution in [3.8, 4) is 11.5 Å². The van der Waals surface area contributed by atoms with E-state index in [-0.39, 0.29) is 11.6 Å². The summed E-state index contributed by atoms with van der Waals surface area (Å²) >= 11 is 0. The van der Waals surface area contributed by atoms with Gasteiger partial charge in [-0.05, 0) is 68.7 Å². The Bertz CT molecular complexity index is 1350. The molecule has 4 atom stereocenters. The smallest absolute Gasteiger partial charge is 0.289 e. The Hall–Kier alpha value is -3.65. The normalized spacial score (nSPS) is 21.5. The fourth-order valence-corrected chi connectivity index (χ4v) is 4.91. The first-order valence-corrected chi connectivity index (χ1v) is 12.9. The van der Waals surface area contributed by atoms with Crippen LogP contribution in [-0.2, 0) is 23.4 Å². The first-order valence-electron chi connectivity index (χ1n) is 12.9. The first-order chi connectivity index (χ1) is 18.6. The molecule has 0 radical (unpaired) electrons. The maximum atomic E-state index is 16.0. The molecule has 3 aromatic carbocycles. The Labute approximate surface area is 228 Å². The molecule has 0 saturated heterocycles. The Kier molecular flexibility index (Phi) is 8.45. The van der Waals surface area contributed by atoms with Crippen LogP contribution in [0, 0.1) is 19.7 Å². The van der Waals surface area contributed by atoms with E-state index < -0.39 is 29.7 Å². The molecule has 1 N–H and O–H groups in total. The second-order valence-corrected chi connectivity index (χ2v) is 10.2. The van der Waals surface area contributed by atoms with Gasteiger partial charge in [0.15, 0.2) is 12.3 Å². The summed E-state index contributed by atoms with van der Waals surface area (Å²) in [7, 11) is 3.22. The highest BCUT2D eigenvalue weighted by Gasteiger charge is 2.50. The van der Waals surface area contributed by atoms with Crippen LogP contribution < -0.4 is 9.47 Å². The molecule has 0 aliphatic carbocycles. The van der Waals surface area contributed by atoms with Gasteiger partial charge in [0.05, 0.1) is 26.9 Å². The molecule has 0 spiro atoms. The number of methoxy groups -OCH3 is 2. The van der Waals surface area contributed by atoms with Gasteiger partial charge < -0.3 is 24.2 Å². The number of aliphatic hydroxyl groups is 1. The Morgan fingerprint density at radius 3 is 2.36 bits per heavy atom. The summed E-state index contributed by atoms with van der Waals surface area (Å²) in [6, 6.07) is 17.8. The van der Waals surface area contributed by atoms with Gasteiger partial charge in [0, 0.05) is 17.7 Å². The molecule has 1 aliphatic heterocycles. The number of aryl methyl sites for hydroxylation is 2. The van der Waals surface area contributed by atoms with Crippen molar-refractivity contribution >= 4 is 6.02 Å². The predicted molar refractivity (Wildman–Crippen MR) is 147 cm³/mol. The second-order valence-electron chi connectivity index (χ2n) is 10.2. The Balaban J connectivity index is 1.85. The zero-order valence-electron chi connectivity index (χ0n) is 23.2. The molecule has 39 heavy (non-hydrogen) atoms. The predicted octanol–water partition coefficient (Wildman–Crippen LogP) is 5.85. The summed E-state index contributed by atoms with van der Waals surface area (Å²) < 4.78 is 48.1. The molecule has 0 saturated carbocycles. The van der Waals surface area contributed by atoms with Crippen LogP contribution in [0.25, 0.3) is 0 Å². The van der Waals surface area contributed by atoms with Crippen LogP contribution in [0.5, 0.6) is 11.5 Å². The van der Waals surface area contributed by atoms with Gasteiger partial charge in [0.25, 0.3) is 6.02 Å². The summed E-state index contributed by atoms with van der Waals surface area (Å²) in [5.74, 6) is 0.848. The van der Waals surface area contributed by atoms with Crippen molar-refractivity contribution in [3.05, 3.63) is 94.3 Å². The van der Waals surface area contributed by atoms with Crippen molar-refractivity contribution in [1.29, 1.82) is 0 Å². The molecule has 0 unspecified atom stereocenters. The van der Waals surface area contributed by atoms with E-state index in [0.717, 1.165) is 28.0 Å². The molecule has 1 aliphatic rings. The number of benzene rings is 3. The lowest BCUT2D eigenvalue weighted by Crippen LogP contribution is -2.54. The van der Waals surface area contributed by atoms with Crippen molar-refractivity contribution in [3.63, 3.8) is 0 Å². The number of alkyl halides is 1. The van der Waals surface area contributed by atoms with Gasteiger partial charge in [-0.2, -0.15) is 0 Å². The maximum absolute atomic E-state index is 16.0. The molecule has 1 heterocycles. The number of nitrogens with zero attached hydrogens (tertiary/aromatic N) is 2. The molecule has 4 rings (SSSR count). The Morgan fingerprint density at radius 1 is 1.03 bits per heavy atom. The van der Waals surface area contributed by atoms with Gasteiger partial charge in [-0.1, -0.05) is 36.4 Å². The van der Waals surface area contributed by atoms with E-state index >= 15 is 8.78 Å². The van der Waals surface area contributed by atoms with Gasteiger partial charge in [0.1, 0.15) is 22.9 Å². The van der Waals surface area contributed by atoms with Crippen molar-refractivity contribution in [2.45, 2.75) is 64.7 Å². The minimum absolute atomic E-state index is 0.0949. The van der Waals surface area contributed by atoms with Gasteiger partial charge in [0.2, 0.25) is 0 Å². The van der Waals surface area contributed by atoms with E-state index in [1.165, 1.54) is 26.0 Å². The van der Waals surface area contributed by atoms with E-state index in [4.69, 9.17) is 19.2 Å². The maximum Gasteiger partial charge on any atom is 0.289 e. The molecule has 0 fully saturated rings. The molecular weight excluding hydrogens is 502 g/mol. The molecular formula is C31H36F2N2O4. The number of aliphatic imine (C=N–C) groups is 1. The van der Waals surface area contributed by atoms with Crippen LogP contribution in [0.4, 0.5) is 8.78 Å². The van der Waals surface area contributed by atoms with Crippen molar-refractivity contribution < 1.29 is 28.1 Å². The quantitative estimate of drug-likeness (QED) is 0.390. The number of hydrogen-bond acceptors (Lipinski definition) is 6. The first kappa shape index (κ1) is 28.4. The van der Waals surface area contributed by atoms with Crippen LogP contribution in [0.15, 0.2) is 65.7 Å². The molecule has 0 amide bonds. The van der Waals surface area contributed by atoms with Crippen LogP contribution in [-0.4, -0.2) is 48.6 Å². The number of hydrogen-bond donors (Lipinski definition) is 1. The fourth-order valence-electron chi connectivity index (χ4n) is 4.91. The monoisotopic (exact) mass is 538 g/mol. The zero-order valence-corrected chi connectivity index (χ0v) is 23.2. The summed E-state index contributed by atoms with van der Waals surface area (Å²) in [5.41, 5.74) is 2.32. The van der Waals surface area contributed by atoms with Crippen LogP contribution >= 0.6 is 0 Å². The SMILES string of the molecule is COc1ccc(CN(Cc2ccc(C)cc2OC)C2=N[C@](C)(c3ccccc3F)[C@@H](F)[C@@H]([C@H](C)O)O2)c(C)c1. The van der Waals surface area contributed by atoms with E-state index in [2.05, 4.69) is 0 Å². The van der Waals surface area contributed by atoms with Crippen LogP contribution in [0.2, 0.25) is 0 Å². The largest absolute Gasteiger partial charge is 0.497 e. The third kappa shape index (κ3) is 5.86.